The van der Waals surface area contributed by atoms with E-state index in [1.165, 1.54) is 4.88 Å². The first-order valence-electron chi connectivity index (χ1n) is 7.30. The Balaban J connectivity index is 1.75. The first-order chi connectivity index (χ1) is 10.2. The van der Waals surface area contributed by atoms with E-state index in [1.54, 1.807) is 11.3 Å². The summed E-state index contributed by atoms with van der Waals surface area (Å²) in [7, 11) is 0. The van der Waals surface area contributed by atoms with Crippen molar-refractivity contribution in [3.8, 4) is 0 Å². The van der Waals surface area contributed by atoms with Gasteiger partial charge in [0.25, 0.3) is 5.91 Å². The number of nitrogens with two attached hydrogens (primary N) is 1. The fraction of sp³-hybridized carbons (Fsp3) is 0.375. The lowest BCUT2D eigenvalue weighted by molar-refractivity contribution is 0.102. The van der Waals surface area contributed by atoms with E-state index in [0.717, 1.165) is 36.9 Å². The fourth-order valence-electron chi connectivity index (χ4n) is 2.56. The molecule has 0 fully saturated rings. The van der Waals surface area contributed by atoms with E-state index in [2.05, 4.69) is 17.2 Å². The predicted octanol–water partition coefficient (Wildman–Crippen LogP) is 2.77. The summed E-state index contributed by atoms with van der Waals surface area (Å²) < 4.78 is 0. The predicted molar refractivity (Wildman–Crippen MR) is 85.9 cm³/mol. The smallest absolute Gasteiger partial charge is 0.257 e. The number of carbonyl (C=O) groups is 1. The standard InChI is InChI=1S/C16H19N3OS/c1-2-10-4-3-5-11(8-10)15(20)19-16-18-13-7-6-12(17)9-14(13)21-16/h3-5,8,12H,2,6-7,9,17H2,1H3,(H,18,19,20). The molecular weight excluding hydrogens is 282 g/mol. The number of hydrogen-bond acceptors (Lipinski definition) is 4. The molecule has 3 rings (SSSR count). The highest BCUT2D eigenvalue weighted by Crippen LogP contribution is 2.29. The second-order valence-electron chi connectivity index (χ2n) is 5.40. The zero-order valence-corrected chi connectivity index (χ0v) is 12.9. The number of thiazole rings is 1. The van der Waals surface area contributed by atoms with Crippen LogP contribution in [-0.4, -0.2) is 16.9 Å². The van der Waals surface area contributed by atoms with Gasteiger partial charge >= 0.3 is 0 Å². The second kappa shape index (κ2) is 5.95. The van der Waals surface area contributed by atoms with Crippen molar-refractivity contribution in [3.63, 3.8) is 0 Å². The van der Waals surface area contributed by atoms with Crippen LogP contribution in [0.5, 0.6) is 0 Å². The number of anilines is 1. The molecule has 0 radical (unpaired) electrons. The van der Waals surface area contributed by atoms with Crippen LogP contribution < -0.4 is 11.1 Å². The molecule has 0 saturated heterocycles. The molecule has 1 aromatic heterocycles. The maximum Gasteiger partial charge on any atom is 0.257 e. The van der Waals surface area contributed by atoms with Gasteiger partial charge in [-0.1, -0.05) is 19.1 Å². The third-order valence-electron chi connectivity index (χ3n) is 3.80. The van der Waals surface area contributed by atoms with Gasteiger partial charge in [-0.05, 0) is 43.4 Å². The molecule has 1 aliphatic rings. The van der Waals surface area contributed by atoms with Gasteiger partial charge in [-0.25, -0.2) is 4.98 Å². The molecule has 4 nitrogen and oxygen atoms in total. The minimum absolute atomic E-state index is 0.0966. The number of hydrogen-bond donors (Lipinski definition) is 2. The molecule has 2 aromatic rings. The van der Waals surface area contributed by atoms with Gasteiger partial charge in [-0.3, -0.25) is 10.1 Å². The number of aromatic nitrogens is 1. The SMILES string of the molecule is CCc1cccc(C(=O)Nc2nc3c(s2)CC(N)CC3)c1. The van der Waals surface area contributed by atoms with E-state index < -0.39 is 0 Å². The Bertz CT molecular complexity index is 665. The summed E-state index contributed by atoms with van der Waals surface area (Å²) in [6, 6.07) is 7.93. The lowest BCUT2D eigenvalue weighted by Gasteiger charge is -2.15. The van der Waals surface area contributed by atoms with Crippen molar-refractivity contribution < 1.29 is 4.79 Å². The first-order valence-corrected chi connectivity index (χ1v) is 8.12. The lowest BCUT2D eigenvalue weighted by atomic mass is 9.99. The highest BCUT2D eigenvalue weighted by Gasteiger charge is 2.20. The normalized spacial score (nSPS) is 17.3. The van der Waals surface area contributed by atoms with Gasteiger partial charge in [-0.2, -0.15) is 0 Å². The van der Waals surface area contributed by atoms with Crippen molar-refractivity contribution >= 4 is 22.4 Å². The molecule has 1 amide bonds. The Morgan fingerprint density at radius 3 is 3.19 bits per heavy atom. The van der Waals surface area contributed by atoms with Gasteiger partial charge in [0, 0.05) is 16.5 Å². The van der Waals surface area contributed by atoms with Gasteiger partial charge in [0.1, 0.15) is 0 Å². The summed E-state index contributed by atoms with van der Waals surface area (Å²) in [5.74, 6) is -0.0966. The molecule has 0 saturated carbocycles. The van der Waals surface area contributed by atoms with Gasteiger partial charge < -0.3 is 5.73 Å². The second-order valence-corrected chi connectivity index (χ2v) is 6.48. The Kier molecular flexibility index (Phi) is 4.03. The summed E-state index contributed by atoms with van der Waals surface area (Å²) in [4.78, 5) is 18.0. The molecular formula is C16H19N3OS. The Hall–Kier alpha value is -1.72. The van der Waals surface area contributed by atoms with Crippen molar-refractivity contribution in [1.29, 1.82) is 0 Å². The molecule has 0 spiro atoms. The number of amides is 1. The van der Waals surface area contributed by atoms with Gasteiger partial charge in [-0.15, -0.1) is 11.3 Å². The zero-order chi connectivity index (χ0) is 14.8. The molecule has 1 aliphatic carbocycles. The van der Waals surface area contributed by atoms with Crippen LogP contribution in [-0.2, 0) is 19.3 Å². The monoisotopic (exact) mass is 301 g/mol. The van der Waals surface area contributed by atoms with Crippen molar-refractivity contribution in [1.82, 2.24) is 4.98 Å². The summed E-state index contributed by atoms with van der Waals surface area (Å²) in [6.07, 6.45) is 3.68. The lowest BCUT2D eigenvalue weighted by Crippen LogP contribution is -2.27. The van der Waals surface area contributed by atoms with Crippen molar-refractivity contribution in [3.05, 3.63) is 46.0 Å². The van der Waals surface area contributed by atoms with Crippen molar-refractivity contribution in [2.24, 2.45) is 5.73 Å². The molecule has 1 heterocycles. The minimum atomic E-state index is -0.0966. The summed E-state index contributed by atoms with van der Waals surface area (Å²) in [5.41, 5.74) is 8.91. The van der Waals surface area contributed by atoms with E-state index in [0.29, 0.717) is 10.7 Å². The van der Waals surface area contributed by atoms with Crippen molar-refractivity contribution in [2.75, 3.05) is 5.32 Å². The number of benzene rings is 1. The maximum atomic E-state index is 12.3. The minimum Gasteiger partial charge on any atom is -0.327 e. The average Bonchev–Trinajstić information content (AvgIpc) is 2.88. The maximum absolute atomic E-state index is 12.3. The molecule has 1 atom stereocenters. The summed E-state index contributed by atoms with van der Waals surface area (Å²) in [5, 5.41) is 3.59. The number of fused-ring (bicyclic) bond motifs is 1. The number of carbonyl (C=O) groups excluding carboxylic acids is 1. The van der Waals surface area contributed by atoms with Crippen LogP contribution in [0.3, 0.4) is 0 Å². The molecule has 0 bridgehead atoms. The Labute approximate surface area is 128 Å². The van der Waals surface area contributed by atoms with E-state index >= 15 is 0 Å². The number of nitrogens with zero attached hydrogens (tertiary/aromatic N) is 1. The fourth-order valence-corrected chi connectivity index (χ4v) is 3.65. The van der Waals surface area contributed by atoms with E-state index in [4.69, 9.17) is 5.73 Å². The van der Waals surface area contributed by atoms with Crippen LogP contribution in [0.1, 0.15) is 39.8 Å². The van der Waals surface area contributed by atoms with Gasteiger partial charge in [0.2, 0.25) is 0 Å². The van der Waals surface area contributed by atoms with E-state index in [-0.39, 0.29) is 11.9 Å². The molecule has 3 N–H and O–H groups in total. The van der Waals surface area contributed by atoms with Crippen LogP contribution in [0.25, 0.3) is 0 Å². The average molecular weight is 301 g/mol. The summed E-state index contributed by atoms with van der Waals surface area (Å²) >= 11 is 1.55. The molecule has 110 valence electrons. The molecule has 0 aliphatic heterocycles. The molecule has 5 heteroatoms. The van der Waals surface area contributed by atoms with Gasteiger partial charge in [0.15, 0.2) is 5.13 Å². The van der Waals surface area contributed by atoms with Gasteiger partial charge in [0.05, 0.1) is 5.69 Å². The first kappa shape index (κ1) is 14.2. The Morgan fingerprint density at radius 2 is 2.38 bits per heavy atom. The van der Waals surface area contributed by atoms with Crippen LogP contribution in [0.4, 0.5) is 5.13 Å². The number of nitrogens with one attached hydrogen (secondary N) is 1. The molecule has 1 unspecified atom stereocenters. The van der Waals surface area contributed by atoms with Crippen LogP contribution in [0.2, 0.25) is 0 Å². The zero-order valence-electron chi connectivity index (χ0n) is 12.1. The number of aryl methyl sites for hydroxylation is 2. The third kappa shape index (κ3) is 3.14. The highest BCUT2D eigenvalue weighted by molar-refractivity contribution is 7.15. The van der Waals surface area contributed by atoms with Crippen LogP contribution >= 0.6 is 11.3 Å². The topological polar surface area (TPSA) is 68.0 Å². The Morgan fingerprint density at radius 1 is 1.52 bits per heavy atom. The largest absolute Gasteiger partial charge is 0.327 e. The van der Waals surface area contributed by atoms with E-state index in [9.17, 15) is 4.79 Å². The third-order valence-corrected chi connectivity index (χ3v) is 4.83. The summed E-state index contributed by atoms with van der Waals surface area (Å²) in [6.45, 7) is 2.08. The molecule has 21 heavy (non-hydrogen) atoms. The van der Waals surface area contributed by atoms with Crippen LogP contribution in [0.15, 0.2) is 24.3 Å². The van der Waals surface area contributed by atoms with Crippen LogP contribution in [0, 0.1) is 0 Å². The number of rotatable bonds is 3. The van der Waals surface area contributed by atoms with Crippen molar-refractivity contribution in [2.45, 2.75) is 38.6 Å². The quantitative estimate of drug-likeness (QED) is 0.916. The highest BCUT2D eigenvalue weighted by atomic mass is 32.1. The van der Waals surface area contributed by atoms with E-state index in [1.807, 2.05) is 24.3 Å². The molecule has 1 aromatic carbocycles.